The quantitative estimate of drug-likeness (QED) is 0.505. The Hall–Kier alpha value is -1.09. The molecule has 0 heterocycles. The van der Waals surface area contributed by atoms with Gasteiger partial charge in [-0.15, -0.1) is 0 Å². The third-order valence-electron chi connectivity index (χ3n) is 2.04. The van der Waals surface area contributed by atoms with Crippen LogP contribution >= 0.6 is 0 Å². The molecule has 0 radical (unpaired) electrons. The molecule has 3 heteroatoms. The van der Waals surface area contributed by atoms with Gasteiger partial charge in [-0.3, -0.25) is 4.79 Å². The maximum absolute atomic E-state index is 10.0. The Bertz CT molecular complexity index is 208. The molecule has 0 aromatic heterocycles. The van der Waals surface area contributed by atoms with Gasteiger partial charge in [-0.1, -0.05) is 56.9 Å². The van der Waals surface area contributed by atoms with Crippen molar-refractivity contribution in [2.24, 2.45) is 0 Å². The lowest BCUT2D eigenvalue weighted by Gasteiger charge is -1.95. The molecule has 0 spiro atoms. The highest BCUT2D eigenvalue weighted by Crippen LogP contribution is 2.04. The molecule has 0 aliphatic heterocycles. The zero-order chi connectivity index (χ0) is 13.4. The van der Waals surface area contributed by atoms with Crippen LogP contribution in [0.3, 0.4) is 0 Å². The van der Waals surface area contributed by atoms with Crippen molar-refractivity contribution in [3.63, 3.8) is 0 Å². The van der Waals surface area contributed by atoms with Crippen LogP contribution in [0.2, 0.25) is 0 Å². The van der Waals surface area contributed by atoms with Crippen molar-refractivity contribution in [2.75, 3.05) is 6.61 Å². The zero-order valence-electron chi connectivity index (χ0n) is 11.1. The molecule has 0 saturated heterocycles. The Balaban J connectivity index is 0. The Labute approximate surface area is 105 Å². The van der Waals surface area contributed by atoms with E-state index in [1.54, 1.807) is 12.2 Å². The van der Waals surface area contributed by atoms with Gasteiger partial charge in [0, 0.05) is 6.42 Å². The molecule has 2 N–H and O–H groups in total. The molecular weight excluding hydrogens is 216 g/mol. The SMILES string of the molecule is C/C=C/C=C/CO.CCCCCCCC(=O)O. The van der Waals surface area contributed by atoms with E-state index in [9.17, 15) is 4.79 Å². The Kier molecular flexibility index (Phi) is 18.6. The van der Waals surface area contributed by atoms with E-state index >= 15 is 0 Å². The minimum atomic E-state index is -0.670. The molecule has 100 valence electrons. The number of aliphatic carboxylic acids is 1. The lowest BCUT2D eigenvalue weighted by Crippen LogP contribution is -1.93. The topological polar surface area (TPSA) is 57.5 Å². The second-order valence-electron chi connectivity index (χ2n) is 3.69. The second-order valence-corrected chi connectivity index (χ2v) is 3.69. The molecule has 0 amide bonds. The van der Waals surface area contributed by atoms with Crippen molar-refractivity contribution in [3.05, 3.63) is 24.3 Å². The first-order chi connectivity index (χ1) is 8.18. The van der Waals surface area contributed by atoms with Crippen LogP contribution in [-0.2, 0) is 4.79 Å². The molecule has 0 aliphatic carbocycles. The summed E-state index contributed by atoms with van der Waals surface area (Å²) in [6.07, 6.45) is 13.2. The number of allylic oxidation sites excluding steroid dienone is 3. The summed E-state index contributed by atoms with van der Waals surface area (Å²) in [4.78, 5) is 10.0. The van der Waals surface area contributed by atoms with Crippen molar-refractivity contribution in [3.8, 4) is 0 Å². The van der Waals surface area contributed by atoms with Crippen LogP contribution < -0.4 is 0 Å². The fraction of sp³-hybridized carbons (Fsp3) is 0.643. The van der Waals surface area contributed by atoms with E-state index in [0.717, 1.165) is 12.8 Å². The summed E-state index contributed by atoms with van der Waals surface area (Å²) >= 11 is 0. The lowest BCUT2D eigenvalue weighted by molar-refractivity contribution is -0.137. The molecule has 0 saturated carbocycles. The summed E-state index contributed by atoms with van der Waals surface area (Å²) in [5, 5.41) is 16.4. The van der Waals surface area contributed by atoms with E-state index in [-0.39, 0.29) is 6.61 Å². The van der Waals surface area contributed by atoms with E-state index in [0.29, 0.717) is 6.42 Å². The first kappa shape index (κ1) is 18.3. The summed E-state index contributed by atoms with van der Waals surface area (Å²) in [5.41, 5.74) is 0. The minimum Gasteiger partial charge on any atom is -0.481 e. The fourth-order valence-corrected chi connectivity index (χ4v) is 1.13. The van der Waals surface area contributed by atoms with Crippen LogP contribution in [0.25, 0.3) is 0 Å². The maximum atomic E-state index is 10.0. The van der Waals surface area contributed by atoms with Gasteiger partial charge in [-0.05, 0) is 13.3 Å². The van der Waals surface area contributed by atoms with Gasteiger partial charge in [0.2, 0.25) is 0 Å². The number of carboxylic acids is 1. The first-order valence-corrected chi connectivity index (χ1v) is 6.29. The van der Waals surface area contributed by atoms with Gasteiger partial charge in [-0.25, -0.2) is 0 Å². The van der Waals surface area contributed by atoms with Crippen molar-refractivity contribution in [2.45, 2.75) is 52.4 Å². The molecular formula is C14H26O3. The summed E-state index contributed by atoms with van der Waals surface area (Å²) in [6.45, 7) is 4.21. The number of rotatable bonds is 8. The van der Waals surface area contributed by atoms with Gasteiger partial charge in [0.25, 0.3) is 0 Å². The molecule has 0 atom stereocenters. The summed E-state index contributed by atoms with van der Waals surface area (Å²) < 4.78 is 0. The Morgan fingerprint density at radius 1 is 1.12 bits per heavy atom. The van der Waals surface area contributed by atoms with Gasteiger partial charge in [0.15, 0.2) is 0 Å². The Morgan fingerprint density at radius 2 is 1.76 bits per heavy atom. The van der Waals surface area contributed by atoms with Crippen molar-refractivity contribution in [1.82, 2.24) is 0 Å². The largest absolute Gasteiger partial charge is 0.481 e. The van der Waals surface area contributed by atoms with Gasteiger partial charge in [-0.2, -0.15) is 0 Å². The monoisotopic (exact) mass is 242 g/mol. The molecule has 0 aliphatic rings. The number of unbranched alkanes of at least 4 members (excludes halogenated alkanes) is 4. The molecule has 0 unspecified atom stereocenters. The normalized spacial score (nSPS) is 10.5. The lowest BCUT2D eigenvalue weighted by atomic mass is 10.1. The molecule has 3 nitrogen and oxygen atoms in total. The van der Waals surface area contributed by atoms with Crippen LogP contribution in [0.4, 0.5) is 0 Å². The number of carboxylic acid groups (broad SMARTS) is 1. The van der Waals surface area contributed by atoms with E-state index in [1.165, 1.54) is 19.3 Å². The second kappa shape index (κ2) is 17.3. The summed E-state index contributed by atoms with van der Waals surface area (Å²) in [5.74, 6) is -0.670. The molecule has 0 aromatic carbocycles. The van der Waals surface area contributed by atoms with Crippen molar-refractivity contribution >= 4 is 5.97 Å². The number of hydrogen-bond donors (Lipinski definition) is 2. The zero-order valence-corrected chi connectivity index (χ0v) is 11.1. The molecule has 0 bridgehead atoms. The highest BCUT2D eigenvalue weighted by Gasteiger charge is 1.94. The van der Waals surface area contributed by atoms with Gasteiger partial charge in [0.05, 0.1) is 6.61 Å². The highest BCUT2D eigenvalue weighted by atomic mass is 16.4. The Morgan fingerprint density at radius 3 is 2.24 bits per heavy atom. The first-order valence-electron chi connectivity index (χ1n) is 6.29. The smallest absolute Gasteiger partial charge is 0.303 e. The predicted molar refractivity (Wildman–Crippen MR) is 72.1 cm³/mol. The third-order valence-corrected chi connectivity index (χ3v) is 2.04. The average molecular weight is 242 g/mol. The summed E-state index contributed by atoms with van der Waals surface area (Å²) in [6, 6.07) is 0. The number of aliphatic hydroxyl groups excluding tert-OH is 1. The van der Waals surface area contributed by atoms with Crippen LogP contribution in [0.1, 0.15) is 52.4 Å². The predicted octanol–water partition coefficient (Wildman–Crippen LogP) is 3.54. The van der Waals surface area contributed by atoms with E-state index in [4.69, 9.17) is 10.2 Å². The molecule has 17 heavy (non-hydrogen) atoms. The van der Waals surface area contributed by atoms with E-state index in [1.807, 2.05) is 19.1 Å². The van der Waals surface area contributed by atoms with Gasteiger partial charge in [0.1, 0.15) is 0 Å². The molecule has 0 aromatic rings. The number of hydrogen-bond acceptors (Lipinski definition) is 2. The van der Waals surface area contributed by atoms with Gasteiger partial charge < -0.3 is 10.2 Å². The van der Waals surface area contributed by atoms with Gasteiger partial charge >= 0.3 is 5.97 Å². The maximum Gasteiger partial charge on any atom is 0.303 e. The fourth-order valence-electron chi connectivity index (χ4n) is 1.13. The van der Waals surface area contributed by atoms with Crippen LogP contribution in [-0.4, -0.2) is 22.8 Å². The van der Waals surface area contributed by atoms with Crippen LogP contribution in [0, 0.1) is 0 Å². The summed E-state index contributed by atoms with van der Waals surface area (Å²) in [7, 11) is 0. The van der Waals surface area contributed by atoms with Crippen molar-refractivity contribution in [1.29, 1.82) is 0 Å². The standard InChI is InChI=1S/C8H16O2.C6H10O/c1-2-3-4-5-6-7-8(9)10;1-2-3-4-5-6-7/h2-7H2,1H3,(H,9,10);2-5,7H,6H2,1H3/b;3-2+,5-4+. The van der Waals surface area contributed by atoms with Crippen LogP contribution in [0.15, 0.2) is 24.3 Å². The van der Waals surface area contributed by atoms with E-state index in [2.05, 4.69) is 6.92 Å². The number of carbonyl (C=O) groups is 1. The highest BCUT2D eigenvalue weighted by molar-refractivity contribution is 5.66. The average Bonchev–Trinajstić information content (AvgIpc) is 2.30. The van der Waals surface area contributed by atoms with Crippen LogP contribution in [0.5, 0.6) is 0 Å². The van der Waals surface area contributed by atoms with Crippen molar-refractivity contribution < 1.29 is 15.0 Å². The van der Waals surface area contributed by atoms with E-state index < -0.39 is 5.97 Å². The molecule has 0 fully saturated rings. The third kappa shape index (κ3) is 25.3. The minimum absolute atomic E-state index is 0.129. The molecule has 0 rings (SSSR count). The number of aliphatic hydroxyl groups is 1.